The Bertz CT molecular complexity index is 916. The summed E-state index contributed by atoms with van der Waals surface area (Å²) in [5.74, 6) is 0.212. The van der Waals surface area contributed by atoms with E-state index in [1.165, 1.54) is 9.13 Å². The van der Waals surface area contributed by atoms with E-state index < -0.39 is 0 Å². The maximum absolute atomic E-state index is 13.2. The fraction of sp³-hybridized carbons (Fsp3) is 0.519. The molecule has 4 nitrogen and oxygen atoms in total. The number of halogens is 1. The first kappa shape index (κ1) is 23.7. The van der Waals surface area contributed by atoms with Crippen LogP contribution in [0.4, 0.5) is 0 Å². The lowest BCUT2D eigenvalue weighted by Crippen LogP contribution is -2.57. The number of nitrogens with zero attached hydrogens (tertiary/aromatic N) is 3. The maximum atomic E-state index is 13.2. The number of rotatable bonds is 4. The van der Waals surface area contributed by atoms with Crippen LogP contribution < -0.4 is 0 Å². The molecule has 172 valence electrons. The summed E-state index contributed by atoms with van der Waals surface area (Å²) < 4.78 is 1.29. The van der Waals surface area contributed by atoms with Crippen molar-refractivity contribution >= 4 is 28.5 Å². The predicted octanol–water partition coefficient (Wildman–Crippen LogP) is 5.28. The van der Waals surface area contributed by atoms with E-state index in [0.717, 1.165) is 62.3 Å². The first-order valence-corrected chi connectivity index (χ1v) is 13.0. The summed E-state index contributed by atoms with van der Waals surface area (Å²) in [6.45, 7) is 13.9. The molecular weight excluding hydrogens is 509 g/mol. The second kappa shape index (κ2) is 10.2. The molecule has 0 N–H and O–H groups in total. The lowest BCUT2D eigenvalue weighted by Gasteiger charge is -2.47. The second-order valence-corrected chi connectivity index (χ2v) is 10.8. The van der Waals surface area contributed by atoms with Gasteiger partial charge in [-0.15, -0.1) is 0 Å². The van der Waals surface area contributed by atoms with Crippen LogP contribution in [-0.4, -0.2) is 65.4 Å². The lowest BCUT2D eigenvalue weighted by atomic mass is 9.97. The highest BCUT2D eigenvalue weighted by atomic mass is 127. The van der Waals surface area contributed by atoms with Gasteiger partial charge in [-0.1, -0.05) is 30.3 Å². The van der Waals surface area contributed by atoms with Crippen LogP contribution in [0.3, 0.4) is 0 Å². The molecule has 0 radical (unpaired) electrons. The average molecular weight is 546 g/mol. The number of amides is 1. The Morgan fingerprint density at radius 1 is 0.969 bits per heavy atom. The van der Waals surface area contributed by atoms with E-state index in [4.69, 9.17) is 0 Å². The molecule has 0 aromatic heterocycles. The zero-order valence-electron chi connectivity index (χ0n) is 19.9. The monoisotopic (exact) mass is 545 g/mol. The largest absolute Gasteiger partial charge is 0.339 e. The summed E-state index contributed by atoms with van der Waals surface area (Å²) in [6, 6.07) is 16.7. The molecule has 0 unspecified atom stereocenters. The van der Waals surface area contributed by atoms with Crippen molar-refractivity contribution in [3.63, 3.8) is 0 Å². The highest BCUT2D eigenvalue weighted by Crippen LogP contribution is 2.28. The van der Waals surface area contributed by atoms with Crippen molar-refractivity contribution in [3.8, 4) is 0 Å². The molecule has 0 saturated carbocycles. The molecular formula is C27H36IN3O. The molecule has 0 bridgehead atoms. The molecule has 2 saturated heterocycles. The van der Waals surface area contributed by atoms with Crippen LogP contribution in [0.15, 0.2) is 42.5 Å². The van der Waals surface area contributed by atoms with E-state index in [9.17, 15) is 4.79 Å². The zero-order valence-corrected chi connectivity index (χ0v) is 22.0. The van der Waals surface area contributed by atoms with E-state index in [-0.39, 0.29) is 5.91 Å². The van der Waals surface area contributed by atoms with Gasteiger partial charge in [-0.3, -0.25) is 14.6 Å². The molecule has 2 heterocycles. The molecule has 2 fully saturated rings. The predicted molar refractivity (Wildman–Crippen MR) is 140 cm³/mol. The van der Waals surface area contributed by atoms with E-state index in [1.807, 2.05) is 32.0 Å². The van der Waals surface area contributed by atoms with E-state index in [1.54, 1.807) is 0 Å². The molecule has 0 spiro atoms. The highest BCUT2D eigenvalue weighted by Gasteiger charge is 2.34. The Labute approximate surface area is 207 Å². The van der Waals surface area contributed by atoms with Crippen molar-refractivity contribution in [1.29, 1.82) is 0 Å². The van der Waals surface area contributed by atoms with Crippen LogP contribution in [0.25, 0.3) is 0 Å². The minimum absolute atomic E-state index is 0.212. The Kier molecular flexibility index (Phi) is 7.58. The number of piperazine rings is 1. The molecule has 2 aromatic rings. The van der Waals surface area contributed by atoms with Gasteiger partial charge < -0.3 is 4.90 Å². The highest BCUT2D eigenvalue weighted by molar-refractivity contribution is 14.1. The van der Waals surface area contributed by atoms with Gasteiger partial charge in [0, 0.05) is 60.0 Å². The average Bonchev–Trinajstić information content (AvgIpc) is 2.79. The maximum Gasteiger partial charge on any atom is 0.254 e. The van der Waals surface area contributed by atoms with Crippen molar-refractivity contribution in [2.24, 2.45) is 0 Å². The van der Waals surface area contributed by atoms with Crippen LogP contribution in [0, 0.1) is 17.4 Å². The minimum Gasteiger partial charge on any atom is -0.339 e. The number of hydrogen-bond donors (Lipinski definition) is 0. The van der Waals surface area contributed by atoms with Crippen LogP contribution in [0.5, 0.6) is 0 Å². The molecule has 4 rings (SSSR count). The fourth-order valence-corrected chi connectivity index (χ4v) is 5.94. The van der Waals surface area contributed by atoms with Gasteiger partial charge in [0.05, 0.1) is 0 Å². The van der Waals surface area contributed by atoms with Crippen molar-refractivity contribution in [2.75, 3.05) is 32.7 Å². The number of piperidine rings is 1. The summed E-state index contributed by atoms with van der Waals surface area (Å²) >= 11 is 2.37. The minimum atomic E-state index is 0.212. The van der Waals surface area contributed by atoms with Gasteiger partial charge >= 0.3 is 0 Å². The molecule has 0 aliphatic carbocycles. The van der Waals surface area contributed by atoms with Crippen molar-refractivity contribution in [1.82, 2.24) is 14.7 Å². The standard InChI is InChI=1S/C27H36IN3O/c1-19-6-5-7-20(2)26(19)27(32)29-14-12-25(13-15-29)30-16-17-31(21(3)18-30)22(4)23-8-10-24(28)11-9-23/h5-11,21-22,25H,12-18H2,1-4H3/t21-,22-/m0/s1. The second-order valence-electron chi connectivity index (χ2n) is 9.60. The number of carbonyl (C=O) groups is 1. The van der Waals surface area contributed by atoms with E-state index >= 15 is 0 Å². The Morgan fingerprint density at radius 2 is 1.59 bits per heavy atom. The number of hydrogen-bond acceptors (Lipinski definition) is 3. The third-order valence-corrected chi connectivity index (χ3v) is 8.24. The van der Waals surface area contributed by atoms with Crippen molar-refractivity contribution in [2.45, 2.75) is 58.7 Å². The van der Waals surface area contributed by atoms with Crippen LogP contribution in [-0.2, 0) is 0 Å². The summed E-state index contributed by atoms with van der Waals surface area (Å²) in [5.41, 5.74) is 4.48. The first-order chi connectivity index (χ1) is 15.3. The summed E-state index contributed by atoms with van der Waals surface area (Å²) in [7, 11) is 0. The molecule has 2 aliphatic rings. The van der Waals surface area contributed by atoms with Crippen molar-refractivity contribution in [3.05, 3.63) is 68.3 Å². The third-order valence-electron chi connectivity index (χ3n) is 7.52. The number of likely N-dealkylation sites (tertiary alicyclic amines) is 1. The molecule has 32 heavy (non-hydrogen) atoms. The molecule has 5 heteroatoms. The molecule has 1 amide bonds. The number of benzene rings is 2. The van der Waals surface area contributed by atoms with E-state index in [2.05, 4.69) is 75.4 Å². The SMILES string of the molecule is Cc1cccc(C)c1C(=O)N1CCC(N2CCN([C@@H](C)c3ccc(I)cc3)[C@@H](C)C2)CC1. The smallest absolute Gasteiger partial charge is 0.254 e. The summed E-state index contributed by atoms with van der Waals surface area (Å²) in [4.78, 5) is 20.6. The summed E-state index contributed by atoms with van der Waals surface area (Å²) in [6.07, 6.45) is 2.16. The van der Waals surface area contributed by atoms with Crippen LogP contribution in [0.2, 0.25) is 0 Å². The van der Waals surface area contributed by atoms with Gasteiger partial charge in [0.15, 0.2) is 0 Å². The normalized spacial score (nSPS) is 22.2. The molecule has 2 aliphatic heterocycles. The van der Waals surface area contributed by atoms with Gasteiger partial charge in [-0.2, -0.15) is 0 Å². The zero-order chi connectivity index (χ0) is 22.8. The third kappa shape index (κ3) is 5.05. The quantitative estimate of drug-likeness (QED) is 0.490. The lowest BCUT2D eigenvalue weighted by molar-refractivity contribution is 0.0135. The van der Waals surface area contributed by atoms with Gasteiger partial charge in [0.25, 0.3) is 5.91 Å². The van der Waals surface area contributed by atoms with Gasteiger partial charge in [0.1, 0.15) is 0 Å². The molecule has 2 atom stereocenters. The summed E-state index contributed by atoms with van der Waals surface area (Å²) in [5, 5.41) is 0. The van der Waals surface area contributed by atoms with Crippen molar-refractivity contribution < 1.29 is 4.79 Å². The van der Waals surface area contributed by atoms with Gasteiger partial charge in [-0.25, -0.2) is 0 Å². The van der Waals surface area contributed by atoms with Crippen LogP contribution in [0.1, 0.15) is 59.8 Å². The topological polar surface area (TPSA) is 26.8 Å². The Balaban J connectivity index is 1.32. The Hall–Kier alpha value is -1.44. The van der Waals surface area contributed by atoms with E-state index in [0.29, 0.717) is 18.1 Å². The number of aryl methyl sites for hydroxylation is 2. The van der Waals surface area contributed by atoms with Gasteiger partial charge in [-0.05, 0) is 92.0 Å². The first-order valence-electron chi connectivity index (χ1n) is 12.0. The fourth-order valence-electron chi connectivity index (χ4n) is 5.58. The molecule has 2 aromatic carbocycles. The van der Waals surface area contributed by atoms with Gasteiger partial charge in [0.2, 0.25) is 0 Å². The number of carbonyl (C=O) groups excluding carboxylic acids is 1. The van der Waals surface area contributed by atoms with Crippen LogP contribution >= 0.6 is 22.6 Å². The Morgan fingerprint density at radius 3 is 2.19 bits per heavy atom.